The number of hydrogen-bond acceptors (Lipinski definition) is 4. The van der Waals surface area contributed by atoms with E-state index in [1.54, 1.807) is 22.8 Å². The molecule has 1 amide bonds. The first-order valence-electron chi connectivity index (χ1n) is 11.3. The molecular formula is C24H32ClN3O3. The number of aromatic hydroxyl groups is 1. The van der Waals surface area contributed by atoms with Crippen LogP contribution in [0, 0.1) is 11.8 Å². The van der Waals surface area contributed by atoms with E-state index < -0.39 is 11.5 Å². The first kappa shape index (κ1) is 22.2. The monoisotopic (exact) mass is 445 g/mol. The lowest BCUT2D eigenvalue weighted by atomic mass is 9.63. The molecule has 2 aliphatic heterocycles. The summed E-state index contributed by atoms with van der Waals surface area (Å²) in [5, 5.41) is 14.2. The minimum Gasteiger partial charge on any atom is -0.506 e. The van der Waals surface area contributed by atoms with Gasteiger partial charge in [0.1, 0.15) is 11.3 Å². The van der Waals surface area contributed by atoms with Gasteiger partial charge in [-0.25, -0.2) is 0 Å². The second-order valence-corrected chi connectivity index (χ2v) is 9.72. The zero-order chi connectivity index (χ0) is 21.0. The van der Waals surface area contributed by atoms with Crippen molar-refractivity contribution in [1.29, 1.82) is 0 Å². The molecule has 2 N–H and O–H groups in total. The van der Waals surface area contributed by atoms with Crippen molar-refractivity contribution in [3.05, 3.63) is 40.2 Å². The summed E-state index contributed by atoms with van der Waals surface area (Å²) in [4.78, 5) is 28.6. The molecule has 2 saturated carbocycles. The number of fused-ring (bicyclic) bond motifs is 1. The van der Waals surface area contributed by atoms with Crippen LogP contribution >= 0.6 is 12.4 Å². The van der Waals surface area contributed by atoms with E-state index in [0.29, 0.717) is 29.5 Å². The SMILES string of the molecule is CC(C)n1c(=O)c(C(=O)NCCN2C3CC4CC(C3)CC2C4)c(O)c2ccccc21.Cl. The third-order valence-electron chi connectivity index (χ3n) is 7.51. The first-order valence-corrected chi connectivity index (χ1v) is 11.3. The second kappa shape index (κ2) is 8.47. The summed E-state index contributed by atoms with van der Waals surface area (Å²) in [6.45, 7) is 5.13. The van der Waals surface area contributed by atoms with Gasteiger partial charge in [0.25, 0.3) is 11.5 Å². The molecule has 0 atom stereocenters. The molecule has 1 aromatic heterocycles. The molecule has 0 unspecified atom stereocenters. The summed E-state index contributed by atoms with van der Waals surface area (Å²) in [6.07, 6.45) is 6.61. The summed E-state index contributed by atoms with van der Waals surface area (Å²) >= 11 is 0. The number of nitrogens with one attached hydrogen (secondary N) is 1. The Morgan fingerprint density at radius 1 is 1.10 bits per heavy atom. The number of carbonyl (C=O) groups excluding carboxylic acids is 1. The van der Waals surface area contributed by atoms with Crippen LogP contribution in [0.3, 0.4) is 0 Å². The Morgan fingerprint density at radius 2 is 1.71 bits per heavy atom. The molecule has 1 aromatic carbocycles. The quantitative estimate of drug-likeness (QED) is 0.735. The minimum atomic E-state index is -0.484. The van der Waals surface area contributed by atoms with E-state index in [1.165, 1.54) is 32.1 Å². The van der Waals surface area contributed by atoms with E-state index in [4.69, 9.17) is 0 Å². The Bertz CT molecular complexity index is 1020. The highest BCUT2D eigenvalue weighted by molar-refractivity contribution is 6.02. The maximum absolute atomic E-state index is 13.1. The molecule has 31 heavy (non-hydrogen) atoms. The fourth-order valence-corrected chi connectivity index (χ4v) is 6.44. The zero-order valence-electron chi connectivity index (χ0n) is 18.2. The number of benzene rings is 1. The Kier molecular flexibility index (Phi) is 6.05. The van der Waals surface area contributed by atoms with Gasteiger partial charge in [-0.1, -0.05) is 12.1 Å². The molecule has 2 aliphatic carbocycles. The van der Waals surface area contributed by atoms with Gasteiger partial charge in [0.2, 0.25) is 0 Å². The lowest BCUT2D eigenvalue weighted by Gasteiger charge is -2.56. The number of carbonyl (C=O) groups is 1. The summed E-state index contributed by atoms with van der Waals surface area (Å²) in [6, 6.07) is 8.39. The van der Waals surface area contributed by atoms with Gasteiger partial charge in [-0.2, -0.15) is 0 Å². The van der Waals surface area contributed by atoms with Crippen molar-refractivity contribution in [2.45, 2.75) is 64.1 Å². The lowest BCUT2D eigenvalue weighted by Crippen LogP contribution is -2.59. The van der Waals surface area contributed by atoms with Crippen molar-refractivity contribution in [2.24, 2.45) is 11.8 Å². The Hall–Kier alpha value is -2.05. The normalized spacial score (nSPS) is 26.9. The molecular weight excluding hydrogens is 414 g/mol. The van der Waals surface area contributed by atoms with E-state index in [2.05, 4.69) is 10.2 Å². The van der Waals surface area contributed by atoms with Crippen LogP contribution in [0.5, 0.6) is 5.75 Å². The maximum Gasteiger partial charge on any atom is 0.267 e. The summed E-state index contributed by atoms with van der Waals surface area (Å²) in [5.74, 6) is 1.10. The number of aromatic nitrogens is 1. The van der Waals surface area contributed by atoms with E-state index in [1.807, 2.05) is 19.9 Å². The van der Waals surface area contributed by atoms with Crippen molar-refractivity contribution < 1.29 is 9.90 Å². The second-order valence-electron chi connectivity index (χ2n) is 9.72. The number of hydrogen-bond donors (Lipinski definition) is 2. The Morgan fingerprint density at radius 3 is 2.32 bits per heavy atom. The number of nitrogens with zero attached hydrogens (tertiary/aromatic N) is 2. The number of para-hydroxylation sites is 1. The lowest BCUT2D eigenvalue weighted by molar-refractivity contribution is -0.0574. The van der Waals surface area contributed by atoms with Gasteiger partial charge in [0.15, 0.2) is 0 Å². The van der Waals surface area contributed by atoms with Gasteiger partial charge in [0.05, 0.1) is 5.52 Å². The number of pyridine rings is 1. The van der Waals surface area contributed by atoms with Crippen molar-refractivity contribution in [3.63, 3.8) is 0 Å². The fraction of sp³-hybridized carbons (Fsp3) is 0.583. The number of piperidine rings is 2. The van der Waals surface area contributed by atoms with E-state index in [-0.39, 0.29) is 29.8 Å². The van der Waals surface area contributed by atoms with Crippen molar-refractivity contribution in [3.8, 4) is 5.75 Å². The van der Waals surface area contributed by atoms with Gasteiger partial charge in [-0.05, 0) is 69.9 Å². The maximum atomic E-state index is 13.1. The molecule has 168 valence electrons. The highest BCUT2D eigenvalue weighted by Gasteiger charge is 2.46. The third kappa shape index (κ3) is 3.74. The molecule has 6 rings (SSSR count). The van der Waals surface area contributed by atoms with Crippen LogP contribution < -0.4 is 10.9 Å². The molecule has 0 radical (unpaired) electrons. The Balaban J connectivity index is 0.00000231. The predicted octanol–water partition coefficient (Wildman–Crippen LogP) is 3.70. The molecule has 3 heterocycles. The van der Waals surface area contributed by atoms with Crippen LogP contribution in [0.2, 0.25) is 0 Å². The highest BCUT2D eigenvalue weighted by Crippen LogP contribution is 2.48. The average molecular weight is 446 g/mol. The predicted molar refractivity (Wildman–Crippen MR) is 124 cm³/mol. The van der Waals surface area contributed by atoms with Crippen LogP contribution in [0.1, 0.15) is 62.4 Å². The summed E-state index contributed by atoms with van der Waals surface area (Å²) in [7, 11) is 0. The molecule has 2 saturated heterocycles. The van der Waals surface area contributed by atoms with E-state index >= 15 is 0 Å². The smallest absolute Gasteiger partial charge is 0.267 e. The van der Waals surface area contributed by atoms with Crippen molar-refractivity contribution in [2.75, 3.05) is 13.1 Å². The van der Waals surface area contributed by atoms with Crippen LogP contribution in [0.4, 0.5) is 0 Å². The molecule has 0 spiro atoms. The number of amides is 1. The van der Waals surface area contributed by atoms with E-state index in [9.17, 15) is 14.7 Å². The number of halogens is 1. The zero-order valence-corrected chi connectivity index (χ0v) is 19.0. The van der Waals surface area contributed by atoms with Crippen LogP contribution in [-0.2, 0) is 0 Å². The fourth-order valence-electron chi connectivity index (χ4n) is 6.44. The standard InChI is InChI=1S/C24H31N3O3.ClH/c1-14(2)27-20-6-4-3-5-19(20)22(28)21(24(27)30)23(29)25-7-8-26-17-10-15-9-16(12-17)13-18(26)11-15;/h3-6,14-18,28H,7-13H2,1-2H3,(H,25,29);1H. The molecule has 7 heteroatoms. The topological polar surface area (TPSA) is 74.6 Å². The molecule has 4 aliphatic rings. The van der Waals surface area contributed by atoms with Crippen molar-refractivity contribution >= 4 is 29.2 Å². The van der Waals surface area contributed by atoms with Crippen LogP contribution in [0.15, 0.2) is 29.1 Å². The summed E-state index contributed by atoms with van der Waals surface area (Å²) < 4.78 is 1.59. The van der Waals surface area contributed by atoms with Crippen LogP contribution in [0.25, 0.3) is 10.9 Å². The largest absolute Gasteiger partial charge is 0.506 e. The van der Waals surface area contributed by atoms with Gasteiger partial charge in [-0.15, -0.1) is 12.4 Å². The summed E-state index contributed by atoms with van der Waals surface area (Å²) in [5.41, 5.74) is 0.0577. The minimum absolute atomic E-state index is 0. The first-order chi connectivity index (χ1) is 14.4. The average Bonchev–Trinajstić information content (AvgIpc) is 2.69. The third-order valence-corrected chi connectivity index (χ3v) is 7.51. The van der Waals surface area contributed by atoms with Crippen molar-refractivity contribution in [1.82, 2.24) is 14.8 Å². The highest BCUT2D eigenvalue weighted by atomic mass is 35.5. The molecule has 4 fully saturated rings. The van der Waals surface area contributed by atoms with E-state index in [0.717, 1.165) is 18.4 Å². The number of rotatable bonds is 5. The molecule has 4 bridgehead atoms. The van der Waals surface area contributed by atoms with Gasteiger partial charge in [-0.3, -0.25) is 14.5 Å². The van der Waals surface area contributed by atoms with Gasteiger partial charge >= 0.3 is 0 Å². The Labute approximate surface area is 189 Å². The van der Waals surface area contributed by atoms with Crippen LogP contribution in [-0.4, -0.2) is 45.7 Å². The molecule has 6 nitrogen and oxygen atoms in total. The molecule has 2 aromatic rings. The van der Waals surface area contributed by atoms with Gasteiger partial charge in [0, 0.05) is 36.6 Å². The van der Waals surface area contributed by atoms with Gasteiger partial charge < -0.3 is 15.0 Å².